The van der Waals surface area contributed by atoms with Crippen molar-refractivity contribution in [2.45, 2.75) is 5.37 Å². The van der Waals surface area contributed by atoms with Gasteiger partial charge in [0.15, 0.2) is 0 Å². The number of hydrogen-bond acceptors (Lipinski definition) is 4. The average molecular weight is 300 g/mol. The summed E-state index contributed by atoms with van der Waals surface area (Å²) in [7, 11) is 0. The van der Waals surface area contributed by atoms with Gasteiger partial charge in [0, 0.05) is 12.4 Å². The topological polar surface area (TPSA) is 42.4 Å². The van der Waals surface area contributed by atoms with Gasteiger partial charge in [0.05, 0.1) is 12.3 Å². The van der Waals surface area contributed by atoms with E-state index in [-0.39, 0.29) is 11.3 Å². The lowest BCUT2D eigenvalue weighted by molar-refractivity contribution is -0.128. The second-order valence-electron chi connectivity index (χ2n) is 4.69. The predicted octanol–water partition coefficient (Wildman–Crippen LogP) is 2.73. The molecule has 1 aliphatic rings. The molecular weight excluding hydrogens is 284 g/mol. The third-order valence-corrected chi connectivity index (χ3v) is 4.56. The molecule has 1 amide bonds. The number of rotatable bonds is 5. The maximum atomic E-state index is 12.0. The van der Waals surface area contributed by atoms with Gasteiger partial charge in [-0.3, -0.25) is 9.78 Å². The van der Waals surface area contributed by atoms with Gasteiger partial charge >= 0.3 is 0 Å². The highest BCUT2D eigenvalue weighted by Crippen LogP contribution is 2.37. The summed E-state index contributed by atoms with van der Waals surface area (Å²) in [6, 6.07) is 13.6. The van der Waals surface area contributed by atoms with Crippen molar-refractivity contribution in [3.8, 4) is 5.75 Å². The van der Waals surface area contributed by atoms with E-state index in [0.29, 0.717) is 18.9 Å². The summed E-state index contributed by atoms with van der Waals surface area (Å²) in [5.41, 5.74) is 1.11. The Balaban J connectivity index is 1.61. The van der Waals surface area contributed by atoms with E-state index in [1.807, 2.05) is 47.4 Å². The minimum Gasteiger partial charge on any atom is -0.492 e. The van der Waals surface area contributed by atoms with E-state index in [9.17, 15) is 4.79 Å². The molecule has 1 aliphatic heterocycles. The maximum Gasteiger partial charge on any atom is 0.233 e. The van der Waals surface area contributed by atoms with Crippen molar-refractivity contribution >= 4 is 17.7 Å². The molecule has 1 saturated heterocycles. The molecule has 108 valence electrons. The van der Waals surface area contributed by atoms with Crippen LogP contribution in [0.2, 0.25) is 0 Å². The Hall–Kier alpha value is -2.01. The Morgan fingerprint density at radius 2 is 1.95 bits per heavy atom. The lowest BCUT2D eigenvalue weighted by Gasteiger charge is -2.24. The summed E-state index contributed by atoms with van der Waals surface area (Å²) >= 11 is 1.65. The van der Waals surface area contributed by atoms with Crippen molar-refractivity contribution < 1.29 is 9.53 Å². The predicted molar refractivity (Wildman–Crippen MR) is 83.1 cm³/mol. The first-order valence-electron chi connectivity index (χ1n) is 6.83. The van der Waals surface area contributed by atoms with Gasteiger partial charge in [-0.05, 0) is 29.8 Å². The Bertz CT molecular complexity index is 592. The Kier molecular flexibility index (Phi) is 4.40. The smallest absolute Gasteiger partial charge is 0.233 e. The molecule has 1 aromatic carbocycles. The molecule has 1 atom stereocenters. The number of amides is 1. The van der Waals surface area contributed by atoms with E-state index >= 15 is 0 Å². The van der Waals surface area contributed by atoms with E-state index in [1.165, 1.54) is 0 Å². The van der Waals surface area contributed by atoms with Crippen molar-refractivity contribution in [1.82, 2.24) is 9.88 Å². The second kappa shape index (κ2) is 6.63. The molecule has 4 nitrogen and oxygen atoms in total. The van der Waals surface area contributed by atoms with E-state index in [4.69, 9.17) is 4.74 Å². The second-order valence-corrected chi connectivity index (χ2v) is 5.76. The van der Waals surface area contributed by atoms with Crippen LogP contribution in [0, 0.1) is 0 Å². The number of nitrogens with zero attached hydrogens (tertiary/aromatic N) is 2. The number of benzene rings is 1. The summed E-state index contributed by atoms with van der Waals surface area (Å²) in [6.07, 6.45) is 3.52. The van der Waals surface area contributed by atoms with Crippen LogP contribution >= 0.6 is 11.8 Å². The maximum absolute atomic E-state index is 12.0. The molecule has 1 unspecified atom stereocenters. The molecule has 1 aromatic heterocycles. The van der Waals surface area contributed by atoms with E-state index in [0.717, 1.165) is 11.3 Å². The molecule has 0 saturated carbocycles. The SMILES string of the molecule is O=C1CSC(c2ccncc2)N1CCOc1ccccc1. The molecule has 0 spiro atoms. The highest BCUT2D eigenvalue weighted by atomic mass is 32.2. The Labute approximate surface area is 128 Å². The molecule has 0 bridgehead atoms. The van der Waals surface area contributed by atoms with Crippen LogP contribution < -0.4 is 4.74 Å². The van der Waals surface area contributed by atoms with E-state index < -0.39 is 0 Å². The van der Waals surface area contributed by atoms with Crippen molar-refractivity contribution in [2.75, 3.05) is 18.9 Å². The number of carbonyl (C=O) groups excluding carboxylic acids is 1. The number of para-hydroxylation sites is 1. The van der Waals surface area contributed by atoms with Gasteiger partial charge in [0.25, 0.3) is 0 Å². The fraction of sp³-hybridized carbons (Fsp3) is 0.250. The lowest BCUT2D eigenvalue weighted by atomic mass is 10.2. The van der Waals surface area contributed by atoms with Gasteiger partial charge in [-0.2, -0.15) is 0 Å². The number of ether oxygens (including phenoxy) is 1. The first kappa shape index (κ1) is 13.9. The van der Waals surface area contributed by atoms with Crippen molar-refractivity contribution in [3.05, 3.63) is 60.4 Å². The van der Waals surface area contributed by atoms with E-state index in [2.05, 4.69) is 4.98 Å². The third-order valence-electron chi connectivity index (χ3n) is 3.30. The first-order valence-corrected chi connectivity index (χ1v) is 7.88. The van der Waals surface area contributed by atoms with Crippen molar-refractivity contribution in [2.24, 2.45) is 0 Å². The normalized spacial score (nSPS) is 18.0. The largest absolute Gasteiger partial charge is 0.492 e. The lowest BCUT2D eigenvalue weighted by Crippen LogP contribution is -2.32. The van der Waals surface area contributed by atoms with Gasteiger partial charge in [0.2, 0.25) is 5.91 Å². The fourth-order valence-corrected chi connectivity index (χ4v) is 3.50. The Morgan fingerprint density at radius 3 is 2.71 bits per heavy atom. The van der Waals surface area contributed by atoms with Gasteiger partial charge in [0.1, 0.15) is 17.7 Å². The third kappa shape index (κ3) is 3.36. The van der Waals surface area contributed by atoms with Crippen LogP contribution in [0.15, 0.2) is 54.9 Å². The summed E-state index contributed by atoms with van der Waals surface area (Å²) in [6.45, 7) is 1.09. The molecule has 3 rings (SSSR count). The quantitative estimate of drug-likeness (QED) is 0.851. The monoisotopic (exact) mass is 300 g/mol. The van der Waals surface area contributed by atoms with Crippen LogP contribution in [0.25, 0.3) is 0 Å². The van der Waals surface area contributed by atoms with Crippen LogP contribution in [0.4, 0.5) is 0 Å². The molecule has 0 aliphatic carbocycles. The average Bonchev–Trinajstić information content (AvgIpc) is 2.91. The standard InChI is InChI=1S/C16H16N2O2S/c19-15-12-21-16(13-6-8-17-9-7-13)18(15)10-11-20-14-4-2-1-3-5-14/h1-9,16H,10-12H2. The highest BCUT2D eigenvalue weighted by Gasteiger charge is 2.32. The summed E-state index contributed by atoms with van der Waals surface area (Å²) < 4.78 is 5.68. The van der Waals surface area contributed by atoms with Crippen LogP contribution in [-0.2, 0) is 4.79 Å². The zero-order valence-electron chi connectivity index (χ0n) is 11.5. The molecule has 1 fully saturated rings. The van der Waals surface area contributed by atoms with Crippen LogP contribution in [0.5, 0.6) is 5.75 Å². The zero-order chi connectivity index (χ0) is 14.5. The summed E-state index contributed by atoms with van der Waals surface area (Å²) in [5, 5.41) is 0.0693. The van der Waals surface area contributed by atoms with Crippen LogP contribution in [0.3, 0.4) is 0 Å². The van der Waals surface area contributed by atoms with Crippen LogP contribution in [0.1, 0.15) is 10.9 Å². The van der Waals surface area contributed by atoms with Gasteiger partial charge in [-0.25, -0.2) is 0 Å². The number of aromatic nitrogens is 1. The van der Waals surface area contributed by atoms with Crippen molar-refractivity contribution in [1.29, 1.82) is 0 Å². The van der Waals surface area contributed by atoms with E-state index in [1.54, 1.807) is 24.2 Å². The first-order chi connectivity index (χ1) is 10.3. The zero-order valence-corrected chi connectivity index (χ0v) is 12.3. The van der Waals surface area contributed by atoms with Crippen molar-refractivity contribution in [3.63, 3.8) is 0 Å². The number of thioether (sulfide) groups is 1. The fourth-order valence-electron chi connectivity index (χ4n) is 2.28. The number of pyridine rings is 1. The number of hydrogen-bond donors (Lipinski definition) is 0. The molecule has 2 heterocycles. The van der Waals surface area contributed by atoms with Crippen LogP contribution in [-0.4, -0.2) is 34.7 Å². The minimum atomic E-state index is 0.0693. The molecule has 5 heteroatoms. The molecule has 21 heavy (non-hydrogen) atoms. The number of carbonyl (C=O) groups is 1. The molecule has 0 N–H and O–H groups in total. The summed E-state index contributed by atoms with van der Waals surface area (Å²) in [5.74, 6) is 1.52. The summed E-state index contributed by atoms with van der Waals surface area (Å²) in [4.78, 5) is 17.9. The molecule has 2 aromatic rings. The minimum absolute atomic E-state index is 0.0693. The van der Waals surface area contributed by atoms with Gasteiger partial charge < -0.3 is 9.64 Å². The molecule has 0 radical (unpaired) electrons. The van der Waals surface area contributed by atoms with Gasteiger partial charge in [-0.1, -0.05) is 18.2 Å². The highest BCUT2D eigenvalue weighted by molar-refractivity contribution is 8.00. The van der Waals surface area contributed by atoms with Gasteiger partial charge in [-0.15, -0.1) is 11.8 Å². The Morgan fingerprint density at radius 1 is 1.19 bits per heavy atom. The molecular formula is C16H16N2O2S.